The standard InChI is InChI=1S/C27H30O8/c1-2-3-4-5-9-15-23(28)20-16-17-24(33-27(31)32-21-13-10-14-21)22(18-20)26(30)35-34-25(29)19-11-7-6-8-12-19/h6-8,11-12,16-18,21H,2-5,9-10,13-15H2,1H3. The van der Waals surface area contributed by atoms with Crippen molar-refractivity contribution in [2.75, 3.05) is 0 Å². The van der Waals surface area contributed by atoms with Gasteiger partial charge in [0.2, 0.25) is 0 Å². The summed E-state index contributed by atoms with van der Waals surface area (Å²) >= 11 is 0. The van der Waals surface area contributed by atoms with Crippen molar-refractivity contribution in [1.82, 2.24) is 0 Å². The monoisotopic (exact) mass is 482 g/mol. The largest absolute Gasteiger partial charge is 0.514 e. The molecule has 3 rings (SSSR count). The quantitative estimate of drug-likeness (QED) is 0.0927. The van der Waals surface area contributed by atoms with Crippen LogP contribution in [-0.2, 0) is 14.5 Å². The first kappa shape index (κ1) is 25.9. The average Bonchev–Trinajstić information content (AvgIpc) is 2.85. The van der Waals surface area contributed by atoms with Crippen LogP contribution in [0.4, 0.5) is 4.79 Å². The zero-order chi connectivity index (χ0) is 25.0. The maximum absolute atomic E-state index is 12.7. The van der Waals surface area contributed by atoms with Gasteiger partial charge in [-0.1, -0.05) is 50.8 Å². The number of ether oxygens (including phenoxy) is 2. The van der Waals surface area contributed by atoms with Crippen molar-refractivity contribution < 1.29 is 38.4 Å². The molecule has 2 aromatic rings. The van der Waals surface area contributed by atoms with E-state index in [2.05, 4.69) is 11.8 Å². The Morgan fingerprint density at radius 1 is 0.829 bits per heavy atom. The molecular weight excluding hydrogens is 452 g/mol. The third kappa shape index (κ3) is 7.95. The van der Waals surface area contributed by atoms with Gasteiger partial charge in [-0.2, -0.15) is 0 Å². The maximum atomic E-state index is 12.7. The molecular formula is C27H30O8. The molecule has 35 heavy (non-hydrogen) atoms. The van der Waals surface area contributed by atoms with E-state index in [9.17, 15) is 19.2 Å². The Morgan fingerprint density at radius 2 is 1.54 bits per heavy atom. The molecule has 0 amide bonds. The van der Waals surface area contributed by atoms with Crippen LogP contribution in [0.2, 0.25) is 0 Å². The fourth-order valence-corrected chi connectivity index (χ4v) is 3.47. The zero-order valence-corrected chi connectivity index (χ0v) is 19.8. The minimum absolute atomic E-state index is 0.152. The van der Waals surface area contributed by atoms with Crippen molar-refractivity contribution >= 4 is 23.9 Å². The minimum Gasteiger partial charge on any atom is -0.431 e. The highest BCUT2D eigenvalue weighted by Gasteiger charge is 2.26. The van der Waals surface area contributed by atoms with Crippen molar-refractivity contribution in [1.29, 1.82) is 0 Å². The first-order chi connectivity index (χ1) is 17.0. The van der Waals surface area contributed by atoms with Gasteiger partial charge in [-0.25, -0.2) is 24.2 Å². The van der Waals surface area contributed by atoms with Crippen LogP contribution in [0.25, 0.3) is 0 Å². The highest BCUT2D eigenvalue weighted by molar-refractivity contribution is 6.01. The van der Waals surface area contributed by atoms with Gasteiger partial charge in [0, 0.05) is 12.0 Å². The van der Waals surface area contributed by atoms with Crippen LogP contribution in [0.15, 0.2) is 48.5 Å². The molecule has 0 spiro atoms. The second-order valence-electron chi connectivity index (χ2n) is 8.43. The number of hydrogen-bond donors (Lipinski definition) is 0. The molecule has 0 aliphatic heterocycles. The Morgan fingerprint density at radius 3 is 2.23 bits per heavy atom. The van der Waals surface area contributed by atoms with Crippen molar-refractivity contribution in [3.8, 4) is 5.75 Å². The predicted octanol–water partition coefficient (Wildman–Crippen LogP) is 6.23. The molecule has 0 radical (unpaired) electrons. The lowest BCUT2D eigenvalue weighted by molar-refractivity contribution is -0.187. The highest BCUT2D eigenvalue weighted by atomic mass is 17.2. The van der Waals surface area contributed by atoms with Crippen LogP contribution in [0, 0.1) is 0 Å². The molecule has 1 fully saturated rings. The van der Waals surface area contributed by atoms with E-state index in [0.717, 1.165) is 51.4 Å². The van der Waals surface area contributed by atoms with Gasteiger partial charge in [0.05, 0.1) is 5.56 Å². The Kier molecular flexibility index (Phi) is 9.83. The van der Waals surface area contributed by atoms with Gasteiger partial charge < -0.3 is 9.47 Å². The smallest absolute Gasteiger partial charge is 0.431 e. The number of unbranched alkanes of at least 4 members (excludes halogenated alkanes) is 4. The van der Waals surface area contributed by atoms with Crippen LogP contribution in [0.3, 0.4) is 0 Å². The average molecular weight is 483 g/mol. The number of carbonyl (C=O) groups is 4. The fourth-order valence-electron chi connectivity index (χ4n) is 3.47. The molecule has 0 N–H and O–H groups in total. The number of ketones is 1. The van der Waals surface area contributed by atoms with E-state index in [0.29, 0.717) is 6.42 Å². The Bertz CT molecular complexity index is 1030. The second-order valence-corrected chi connectivity index (χ2v) is 8.43. The first-order valence-electron chi connectivity index (χ1n) is 12.0. The van der Waals surface area contributed by atoms with Crippen molar-refractivity contribution in [2.24, 2.45) is 0 Å². The van der Waals surface area contributed by atoms with Crippen LogP contribution >= 0.6 is 0 Å². The van der Waals surface area contributed by atoms with Crippen molar-refractivity contribution in [3.05, 3.63) is 65.2 Å². The lowest BCUT2D eigenvalue weighted by atomic mass is 9.96. The Hall–Kier alpha value is -3.68. The molecule has 186 valence electrons. The van der Waals surface area contributed by atoms with Gasteiger partial charge >= 0.3 is 18.1 Å². The van der Waals surface area contributed by atoms with Gasteiger partial charge in [-0.15, -0.1) is 0 Å². The lowest BCUT2D eigenvalue weighted by Crippen LogP contribution is -2.27. The van der Waals surface area contributed by atoms with E-state index < -0.39 is 18.1 Å². The summed E-state index contributed by atoms with van der Waals surface area (Å²) in [5.41, 5.74) is 0.225. The van der Waals surface area contributed by atoms with Gasteiger partial charge in [-0.05, 0) is 56.0 Å². The summed E-state index contributed by atoms with van der Waals surface area (Å²) in [6.45, 7) is 2.12. The Balaban J connectivity index is 1.70. The summed E-state index contributed by atoms with van der Waals surface area (Å²) in [6.07, 6.45) is 6.60. The number of hydrogen-bond acceptors (Lipinski definition) is 8. The van der Waals surface area contributed by atoms with E-state index in [1.54, 1.807) is 18.2 Å². The van der Waals surface area contributed by atoms with Crippen LogP contribution in [0.1, 0.15) is 95.8 Å². The molecule has 0 unspecified atom stereocenters. The second kappa shape index (κ2) is 13.3. The molecule has 8 nitrogen and oxygen atoms in total. The predicted molar refractivity (Wildman–Crippen MR) is 126 cm³/mol. The molecule has 0 heterocycles. The van der Waals surface area contributed by atoms with Crippen LogP contribution in [-0.4, -0.2) is 30.0 Å². The molecule has 0 bridgehead atoms. The molecule has 2 aromatic carbocycles. The van der Waals surface area contributed by atoms with E-state index in [1.165, 1.54) is 30.3 Å². The molecule has 0 atom stereocenters. The van der Waals surface area contributed by atoms with Crippen molar-refractivity contribution in [2.45, 2.75) is 70.8 Å². The third-order valence-corrected chi connectivity index (χ3v) is 5.74. The van der Waals surface area contributed by atoms with Gasteiger partial charge in [-0.3, -0.25) is 4.79 Å². The van der Waals surface area contributed by atoms with Crippen LogP contribution < -0.4 is 4.74 Å². The van der Waals surface area contributed by atoms with Gasteiger partial charge in [0.1, 0.15) is 17.4 Å². The SMILES string of the molecule is CCCCCCCC(=O)c1ccc(OC(=O)OC2CCC2)c(C(=O)OOC(=O)c2ccccc2)c1. The zero-order valence-electron chi connectivity index (χ0n) is 19.8. The summed E-state index contributed by atoms with van der Waals surface area (Å²) in [6, 6.07) is 12.1. The molecule has 8 heteroatoms. The topological polar surface area (TPSA) is 105 Å². The third-order valence-electron chi connectivity index (χ3n) is 5.74. The number of benzene rings is 2. The van der Waals surface area contributed by atoms with E-state index in [4.69, 9.17) is 14.4 Å². The molecule has 1 aliphatic carbocycles. The molecule has 0 saturated heterocycles. The molecule has 0 aromatic heterocycles. The summed E-state index contributed by atoms with van der Waals surface area (Å²) in [5, 5.41) is 0. The van der Waals surface area contributed by atoms with E-state index >= 15 is 0 Å². The lowest BCUT2D eigenvalue weighted by Gasteiger charge is -2.24. The highest BCUT2D eigenvalue weighted by Crippen LogP contribution is 2.26. The van der Waals surface area contributed by atoms with Gasteiger partial charge in [0.25, 0.3) is 0 Å². The van der Waals surface area contributed by atoms with Crippen LogP contribution in [0.5, 0.6) is 5.75 Å². The molecule has 1 aliphatic rings. The van der Waals surface area contributed by atoms with Crippen molar-refractivity contribution in [3.63, 3.8) is 0 Å². The van der Waals surface area contributed by atoms with Gasteiger partial charge in [0.15, 0.2) is 5.78 Å². The number of Topliss-reactive ketones (excluding diaryl/α,β-unsaturated/α-hetero) is 1. The summed E-state index contributed by atoms with van der Waals surface area (Å²) in [5.74, 6) is -2.27. The van der Waals surface area contributed by atoms with E-state index in [1.807, 2.05) is 0 Å². The molecule has 1 saturated carbocycles. The Labute approximate surface area is 204 Å². The maximum Gasteiger partial charge on any atom is 0.514 e. The fraction of sp³-hybridized carbons (Fsp3) is 0.407. The normalized spacial score (nSPS) is 12.8. The van der Waals surface area contributed by atoms with E-state index in [-0.39, 0.29) is 34.3 Å². The summed E-state index contributed by atoms with van der Waals surface area (Å²) < 4.78 is 10.4. The summed E-state index contributed by atoms with van der Waals surface area (Å²) in [7, 11) is 0. The minimum atomic E-state index is -1.08. The first-order valence-corrected chi connectivity index (χ1v) is 12.0. The summed E-state index contributed by atoms with van der Waals surface area (Å²) in [4.78, 5) is 59.0. The number of carbonyl (C=O) groups excluding carboxylic acids is 4. The number of rotatable bonds is 11.